The Labute approximate surface area is 76.1 Å². The summed E-state index contributed by atoms with van der Waals surface area (Å²) >= 11 is 0. The van der Waals surface area contributed by atoms with E-state index >= 15 is 0 Å². The Morgan fingerprint density at radius 2 is 2.31 bits per heavy atom. The molecule has 0 bridgehead atoms. The van der Waals surface area contributed by atoms with Crippen LogP contribution in [0.25, 0.3) is 0 Å². The minimum absolute atomic E-state index is 0.0863. The molecule has 13 heavy (non-hydrogen) atoms. The zero-order valence-corrected chi connectivity index (χ0v) is 7.19. The molecule has 5 heteroatoms. The maximum atomic E-state index is 11.2. The first kappa shape index (κ1) is 9.52. The summed E-state index contributed by atoms with van der Waals surface area (Å²) in [6.07, 6.45) is 0.444. The molecular formula is C8H11N3O2. The van der Waals surface area contributed by atoms with Crippen molar-refractivity contribution in [1.29, 1.82) is 5.26 Å². The van der Waals surface area contributed by atoms with Crippen LogP contribution >= 0.6 is 0 Å². The number of hydrogen-bond acceptors (Lipinski definition) is 3. The minimum atomic E-state index is -0.620. The van der Waals surface area contributed by atoms with E-state index in [9.17, 15) is 9.59 Å². The lowest BCUT2D eigenvalue weighted by molar-refractivity contribution is -0.134. The first-order valence-electron chi connectivity index (χ1n) is 4.09. The van der Waals surface area contributed by atoms with Crippen LogP contribution in [0.4, 0.5) is 0 Å². The van der Waals surface area contributed by atoms with E-state index in [1.807, 2.05) is 0 Å². The van der Waals surface area contributed by atoms with Crippen molar-refractivity contribution < 1.29 is 9.59 Å². The van der Waals surface area contributed by atoms with Gasteiger partial charge >= 0.3 is 0 Å². The SMILES string of the molecule is N#C[C@@H]1CCN(C(=O)CC(N)=O)C1. The highest BCUT2D eigenvalue weighted by Crippen LogP contribution is 2.15. The van der Waals surface area contributed by atoms with Crippen molar-refractivity contribution in [2.75, 3.05) is 13.1 Å². The normalized spacial score (nSPS) is 21.2. The Morgan fingerprint density at radius 1 is 1.62 bits per heavy atom. The molecule has 2 N–H and O–H groups in total. The standard InChI is InChI=1S/C8H11N3O2/c9-4-6-1-2-11(5-6)8(13)3-7(10)12/h6H,1-3,5H2,(H2,10,12)/t6-/m0/s1. The van der Waals surface area contributed by atoms with E-state index in [1.165, 1.54) is 4.90 Å². The van der Waals surface area contributed by atoms with Crippen LogP contribution in [0.5, 0.6) is 0 Å². The van der Waals surface area contributed by atoms with Gasteiger partial charge in [0.25, 0.3) is 0 Å². The van der Waals surface area contributed by atoms with Gasteiger partial charge in [-0.3, -0.25) is 9.59 Å². The van der Waals surface area contributed by atoms with Gasteiger partial charge in [0.2, 0.25) is 11.8 Å². The number of nitriles is 1. The number of likely N-dealkylation sites (tertiary alicyclic amines) is 1. The molecule has 0 aliphatic carbocycles. The second-order valence-electron chi connectivity index (χ2n) is 3.10. The lowest BCUT2D eigenvalue weighted by Gasteiger charge is -2.13. The molecular weight excluding hydrogens is 170 g/mol. The van der Waals surface area contributed by atoms with E-state index in [0.717, 1.165) is 0 Å². The van der Waals surface area contributed by atoms with Crippen molar-refractivity contribution in [2.24, 2.45) is 11.7 Å². The summed E-state index contributed by atoms with van der Waals surface area (Å²) in [4.78, 5) is 23.2. The second-order valence-corrected chi connectivity index (χ2v) is 3.10. The largest absolute Gasteiger partial charge is 0.369 e. The highest BCUT2D eigenvalue weighted by atomic mass is 16.2. The second kappa shape index (κ2) is 3.90. The zero-order valence-electron chi connectivity index (χ0n) is 7.19. The van der Waals surface area contributed by atoms with E-state index in [0.29, 0.717) is 19.5 Å². The van der Waals surface area contributed by atoms with Crippen LogP contribution in [0.3, 0.4) is 0 Å². The highest BCUT2D eigenvalue weighted by molar-refractivity contribution is 5.96. The number of primary amides is 1. The smallest absolute Gasteiger partial charge is 0.232 e. The highest BCUT2D eigenvalue weighted by Gasteiger charge is 2.26. The Hall–Kier alpha value is -1.57. The fourth-order valence-electron chi connectivity index (χ4n) is 1.35. The van der Waals surface area contributed by atoms with Gasteiger partial charge in [0.05, 0.1) is 12.0 Å². The van der Waals surface area contributed by atoms with E-state index in [-0.39, 0.29) is 18.2 Å². The number of carbonyl (C=O) groups excluding carboxylic acids is 2. The summed E-state index contributed by atoms with van der Waals surface area (Å²) in [5.41, 5.74) is 4.88. The summed E-state index contributed by atoms with van der Waals surface area (Å²) < 4.78 is 0. The average molecular weight is 181 g/mol. The lowest BCUT2D eigenvalue weighted by atomic mass is 10.1. The maximum Gasteiger partial charge on any atom is 0.232 e. The molecule has 0 radical (unpaired) electrons. The van der Waals surface area contributed by atoms with E-state index in [2.05, 4.69) is 6.07 Å². The molecule has 1 aliphatic heterocycles. The fraction of sp³-hybridized carbons (Fsp3) is 0.625. The van der Waals surface area contributed by atoms with Crippen LogP contribution in [0.1, 0.15) is 12.8 Å². The molecule has 0 aromatic rings. The number of amides is 2. The lowest BCUT2D eigenvalue weighted by Crippen LogP contribution is -2.32. The van der Waals surface area contributed by atoms with Crippen molar-refractivity contribution in [3.05, 3.63) is 0 Å². The van der Waals surface area contributed by atoms with Crippen LogP contribution in [0.15, 0.2) is 0 Å². The topological polar surface area (TPSA) is 87.2 Å². The quantitative estimate of drug-likeness (QED) is 0.567. The predicted molar refractivity (Wildman–Crippen MR) is 44.1 cm³/mol. The summed E-state index contributed by atoms with van der Waals surface area (Å²) in [5, 5.41) is 8.57. The van der Waals surface area contributed by atoms with Crippen LogP contribution in [0.2, 0.25) is 0 Å². The van der Waals surface area contributed by atoms with Gasteiger partial charge < -0.3 is 10.6 Å². The van der Waals surface area contributed by atoms with Gasteiger partial charge in [0, 0.05) is 13.1 Å². The van der Waals surface area contributed by atoms with E-state index in [1.54, 1.807) is 0 Å². The van der Waals surface area contributed by atoms with Crippen LogP contribution < -0.4 is 5.73 Å². The molecule has 0 spiro atoms. The van der Waals surface area contributed by atoms with Crippen molar-refractivity contribution in [3.63, 3.8) is 0 Å². The molecule has 1 saturated heterocycles. The first-order valence-corrected chi connectivity index (χ1v) is 4.09. The first-order chi connectivity index (χ1) is 6.13. The third kappa shape index (κ3) is 2.44. The monoisotopic (exact) mass is 181 g/mol. The molecule has 1 heterocycles. The molecule has 1 atom stereocenters. The number of nitrogens with two attached hydrogens (primary N) is 1. The third-order valence-electron chi connectivity index (χ3n) is 2.05. The average Bonchev–Trinajstić information content (AvgIpc) is 2.50. The molecule has 0 aromatic carbocycles. The summed E-state index contributed by atoms with van der Waals surface area (Å²) in [5.74, 6) is -0.979. The third-order valence-corrected chi connectivity index (χ3v) is 2.05. The summed E-state index contributed by atoms with van der Waals surface area (Å²) in [6.45, 7) is 0.993. The maximum absolute atomic E-state index is 11.2. The molecule has 1 rings (SSSR count). The van der Waals surface area contributed by atoms with E-state index in [4.69, 9.17) is 11.0 Å². The van der Waals surface area contributed by atoms with Crippen molar-refractivity contribution >= 4 is 11.8 Å². The van der Waals surface area contributed by atoms with Gasteiger partial charge in [-0.1, -0.05) is 0 Å². The molecule has 5 nitrogen and oxygen atoms in total. The van der Waals surface area contributed by atoms with Gasteiger partial charge in [0.1, 0.15) is 6.42 Å². The van der Waals surface area contributed by atoms with Crippen LogP contribution in [-0.2, 0) is 9.59 Å². The van der Waals surface area contributed by atoms with Crippen LogP contribution in [0, 0.1) is 17.2 Å². The number of nitrogens with zero attached hydrogens (tertiary/aromatic N) is 2. The van der Waals surface area contributed by atoms with Gasteiger partial charge in [-0.15, -0.1) is 0 Å². The summed E-state index contributed by atoms with van der Waals surface area (Å²) in [6, 6.07) is 2.09. The molecule has 0 unspecified atom stereocenters. The molecule has 0 aromatic heterocycles. The van der Waals surface area contributed by atoms with Crippen molar-refractivity contribution in [1.82, 2.24) is 4.90 Å². The number of carbonyl (C=O) groups is 2. The molecule has 1 aliphatic rings. The Bertz CT molecular complexity index is 269. The van der Waals surface area contributed by atoms with Gasteiger partial charge in [0.15, 0.2) is 0 Å². The molecule has 70 valence electrons. The molecule has 1 fully saturated rings. The number of hydrogen-bond donors (Lipinski definition) is 1. The van der Waals surface area contributed by atoms with Crippen LogP contribution in [-0.4, -0.2) is 29.8 Å². The van der Waals surface area contributed by atoms with Crippen molar-refractivity contribution in [3.8, 4) is 6.07 Å². The Kier molecular flexibility index (Phi) is 2.85. The number of rotatable bonds is 2. The van der Waals surface area contributed by atoms with Crippen molar-refractivity contribution in [2.45, 2.75) is 12.8 Å². The summed E-state index contributed by atoms with van der Waals surface area (Å²) in [7, 11) is 0. The zero-order chi connectivity index (χ0) is 9.84. The van der Waals surface area contributed by atoms with E-state index < -0.39 is 5.91 Å². The predicted octanol–water partition coefficient (Wildman–Crippen LogP) is -0.766. The minimum Gasteiger partial charge on any atom is -0.369 e. The fourth-order valence-corrected chi connectivity index (χ4v) is 1.35. The Balaban J connectivity index is 2.43. The van der Waals surface area contributed by atoms with Gasteiger partial charge in [-0.05, 0) is 6.42 Å². The van der Waals surface area contributed by atoms with Gasteiger partial charge in [-0.2, -0.15) is 5.26 Å². The Morgan fingerprint density at radius 3 is 2.77 bits per heavy atom. The molecule has 2 amide bonds. The molecule has 0 saturated carbocycles. The van der Waals surface area contributed by atoms with Gasteiger partial charge in [-0.25, -0.2) is 0 Å².